The lowest BCUT2D eigenvalue weighted by Crippen LogP contribution is -2.33. The Labute approximate surface area is 175 Å². The second-order valence-electron chi connectivity index (χ2n) is 6.76. The molecule has 154 valence electrons. The summed E-state index contributed by atoms with van der Waals surface area (Å²) in [4.78, 5) is 24.8. The van der Waals surface area contributed by atoms with E-state index >= 15 is 0 Å². The van der Waals surface area contributed by atoms with Crippen LogP contribution in [0.1, 0.15) is 28.4 Å². The minimum absolute atomic E-state index is 0.260. The predicted molar refractivity (Wildman–Crippen MR) is 120 cm³/mol. The molecule has 0 saturated heterocycles. The molecule has 3 aromatic rings. The molecule has 0 radical (unpaired) electrons. The minimum Gasteiger partial charge on any atom is -0.397 e. The normalized spacial score (nSPS) is 11.4. The Balaban J connectivity index is 1.66. The van der Waals surface area contributed by atoms with Crippen molar-refractivity contribution in [2.24, 2.45) is 5.73 Å². The molecule has 1 atom stereocenters. The molecule has 0 saturated carbocycles. The van der Waals surface area contributed by atoms with Gasteiger partial charge in [-0.1, -0.05) is 42.5 Å². The summed E-state index contributed by atoms with van der Waals surface area (Å²) in [6, 6.07) is 22.7. The maximum absolute atomic E-state index is 12.5. The van der Waals surface area contributed by atoms with E-state index in [1.54, 1.807) is 36.4 Å². The summed E-state index contributed by atoms with van der Waals surface area (Å²) in [6.45, 7) is 0.409. The summed E-state index contributed by atoms with van der Waals surface area (Å²) in [6.07, 6.45) is 0.564. The zero-order chi connectivity index (χ0) is 21.3. The Hall–Kier alpha value is -3.84. The van der Waals surface area contributed by atoms with E-state index < -0.39 is 0 Å². The molecule has 0 fully saturated rings. The fraction of sp³-hybridized carbons (Fsp3) is 0.130. The second-order valence-corrected chi connectivity index (χ2v) is 6.76. The third kappa shape index (κ3) is 5.59. The van der Waals surface area contributed by atoms with Crippen LogP contribution in [0.3, 0.4) is 0 Å². The van der Waals surface area contributed by atoms with Gasteiger partial charge < -0.3 is 27.4 Å². The number of hydrogen-bond acceptors (Lipinski definition) is 4. The van der Waals surface area contributed by atoms with Crippen molar-refractivity contribution < 1.29 is 9.59 Å². The van der Waals surface area contributed by atoms with Crippen molar-refractivity contribution in [1.29, 1.82) is 0 Å². The van der Waals surface area contributed by atoms with Gasteiger partial charge in [0.15, 0.2) is 0 Å². The highest BCUT2D eigenvalue weighted by molar-refractivity contribution is 6.05. The zero-order valence-corrected chi connectivity index (χ0v) is 16.5. The summed E-state index contributed by atoms with van der Waals surface area (Å²) in [5, 5.41) is 8.52. The molecule has 0 aliphatic heterocycles. The number of rotatable bonds is 7. The first-order valence-electron chi connectivity index (χ1n) is 9.65. The highest BCUT2D eigenvalue weighted by Gasteiger charge is 2.15. The Morgan fingerprint density at radius 3 is 2.17 bits per heavy atom. The summed E-state index contributed by atoms with van der Waals surface area (Å²) in [5.41, 5.74) is 14.7. The molecule has 30 heavy (non-hydrogen) atoms. The topological polar surface area (TPSA) is 122 Å². The third-order valence-corrected chi connectivity index (χ3v) is 4.58. The average Bonchev–Trinajstić information content (AvgIpc) is 2.76. The summed E-state index contributed by atoms with van der Waals surface area (Å²) in [7, 11) is 0. The van der Waals surface area contributed by atoms with Crippen molar-refractivity contribution >= 4 is 29.0 Å². The summed E-state index contributed by atoms with van der Waals surface area (Å²) < 4.78 is 0. The van der Waals surface area contributed by atoms with E-state index in [1.807, 2.05) is 42.5 Å². The van der Waals surface area contributed by atoms with E-state index in [0.29, 0.717) is 35.6 Å². The van der Waals surface area contributed by atoms with Gasteiger partial charge in [0, 0.05) is 11.3 Å². The number of nitrogens with two attached hydrogens (primary N) is 2. The average molecular weight is 403 g/mol. The van der Waals surface area contributed by atoms with Crippen molar-refractivity contribution in [3.63, 3.8) is 0 Å². The first kappa shape index (κ1) is 20.9. The lowest BCUT2D eigenvalue weighted by Gasteiger charge is -2.19. The van der Waals surface area contributed by atoms with Crippen LogP contribution in [0.2, 0.25) is 0 Å². The fourth-order valence-electron chi connectivity index (χ4n) is 3.01. The number of amides is 3. The number of carbonyl (C=O) groups excluding carboxylic acids is 2. The fourth-order valence-corrected chi connectivity index (χ4v) is 3.01. The van der Waals surface area contributed by atoms with Crippen molar-refractivity contribution in [2.45, 2.75) is 12.5 Å². The van der Waals surface area contributed by atoms with E-state index in [9.17, 15) is 9.59 Å². The van der Waals surface area contributed by atoms with Gasteiger partial charge in [-0.2, -0.15) is 0 Å². The Morgan fingerprint density at radius 1 is 0.833 bits per heavy atom. The molecule has 7 nitrogen and oxygen atoms in total. The molecule has 0 bridgehead atoms. The molecular formula is C23H25N5O2. The van der Waals surface area contributed by atoms with Gasteiger partial charge in [-0.3, -0.25) is 4.79 Å². The standard InChI is InChI=1S/C23H25N5O2/c24-15-14-20(28-23(30)26-18-6-2-1-3-7-18)16-10-12-17(13-11-16)22(29)27-21-9-5-4-8-19(21)25/h1-13,20H,14-15,24-25H2,(H,27,29)(H2,26,28,30). The lowest BCUT2D eigenvalue weighted by atomic mass is 10.0. The largest absolute Gasteiger partial charge is 0.397 e. The molecule has 0 aliphatic rings. The molecule has 3 rings (SSSR count). The van der Waals surface area contributed by atoms with Crippen LogP contribution >= 0.6 is 0 Å². The minimum atomic E-state index is -0.318. The number of para-hydroxylation sites is 3. The third-order valence-electron chi connectivity index (χ3n) is 4.58. The van der Waals surface area contributed by atoms with E-state index in [1.165, 1.54) is 0 Å². The van der Waals surface area contributed by atoms with Gasteiger partial charge in [-0.05, 0) is 54.9 Å². The Morgan fingerprint density at radius 2 is 1.50 bits per heavy atom. The number of anilines is 3. The first-order chi connectivity index (χ1) is 14.6. The van der Waals surface area contributed by atoms with Gasteiger partial charge in [-0.15, -0.1) is 0 Å². The van der Waals surface area contributed by atoms with Gasteiger partial charge in [0.2, 0.25) is 0 Å². The number of urea groups is 1. The molecule has 7 heteroatoms. The van der Waals surface area contributed by atoms with E-state index in [-0.39, 0.29) is 18.0 Å². The monoisotopic (exact) mass is 403 g/mol. The maximum Gasteiger partial charge on any atom is 0.319 e. The van der Waals surface area contributed by atoms with E-state index in [2.05, 4.69) is 16.0 Å². The van der Waals surface area contributed by atoms with Gasteiger partial charge in [0.25, 0.3) is 5.91 Å². The molecular weight excluding hydrogens is 378 g/mol. The SMILES string of the molecule is NCCC(NC(=O)Nc1ccccc1)c1ccc(C(=O)Nc2ccccc2N)cc1. The number of benzene rings is 3. The zero-order valence-electron chi connectivity index (χ0n) is 16.5. The molecule has 0 aliphatic carbocycles. The molecule has 0 spiro atoms. The van der Waals surface area contributed by atoms with Crippen molar-refractivity contribution in [2.75, 3.05) is 22.9 Å². The second kappa shape index (κ2) is 10.1. The number of carbonyl (C=O) groups is 2. The van der Waals surface area contributed by atoms with Crippen LogP contribution in [0.5, 0.6) is 0 Å². The maximum atomic E-state index is 12.5. The number of nitrogen functional groups attached to an aromatic ring is 1. The van der Waals surface area contributed by atoms with Gasteiger partial charge in [0.1, 0.15) is 0 Å². The predicted octanol–water partition coefficient (Wildman–Crippen LogP) is 3.73. The molecule has 7 N–H and O–H groups in total. The highest BCUT2D eigenvalue weighted by Crippen LogP contribution is 2.20. The van der Waals surface area contributed by atoms with Crippen LogP contribution in [0.25, 0.3) is 0 Å². The van der Waals surface area contributed by atoms with Gasteiger partial charge in [0.05, 0.1) is 17.4 Å². The Bertz CT molecular complexity index is 990. The Kier molecular flexibility index (Phi) is 7.02. The molecule has 0 heterocycles. The van der Waals surface area contributed by atoms with Crippen LogP contribution in [-0.4, -0.2) is 18.5 Å². The summed E-state index contributed by atoms with van der Waals surface area (Å²) in [5.74, 6) is -0.260. The highest BCUT2D eigenvalue weighted by atomic mass is 16.2. The number of nitrogens with one attached hydrogen (secondary N) is 3. The van der Waals surface area contributed by atoms with Gasteiger partial charge in [-0.25, -0.2) is 4.79 Å². The van der Waals surface area contributed by atoms with Crippen molar-refractivity contribution in [3.05, 3.63) is 90.0 Å². The smallest absolute Gasteiger partial charge is 0.319 e. The quantitative estimate of drug-likeness (QED) is 0.386. The van der Waals surface area contributed by atoms with Crippen molar-refractivity contribution in [3.8, 4) is 0 Å². The van der Waals surface area contributed by atoms with Crippen LogP contribution in [0.4, 0.5) is 21.9 Å². The molecule has 0 aromatic heterocycles. The first-order valence-corrected chi connectivity index (χ1v) is 9.65. The number of hydrogen-bond donors (Lipinski definition) is 5. The van der Waals surface area contributed by atoms with E-state index in [4.69, 9.17) is 11.5 Å². The van der Waals surface area contributed by atoms with Crippen LogP contribution in [0.15, 0.2) is 78.9 Å². The lowest BCUT2D eigenvalue weighted by molar-refractivity contribution is 0.102. The van der Waals surface area contributed by atoms with Gasteiger partial charge >= 0.3 is 6.03 Å². The van der Waals surface area contributed by atoms with Crippen molar-refractivity contribution in [1.82, 2.24) is 5.32 Å². The molecule has 1 unspecified atom stereocenters. The van der Waals surface area contributed by atoms with E-state index in [0.717, 1.165) is 5.56 Å². The van der Waals surface area contributed by atoms with Crippen LogP contribution < -0.4 is 27.4 Å². The molecule has 3 aromatic carbocycles. The van der Waals surface area contributed by atoms with Crippen LogP contribution in [-0.2, 0) is 0 Å². The summed E-state index contributed by atoms with van der Waals surface area (Å²) >= 11 is 0. The molecule has 3 amide bonds. The van der Waals surface area contributed by atoms with Crippen LogP contribution in [0, 0.1) is 0 Å².